The van der Waals surface area contributed by atoms with Crippen molar-refractivity contribution in [2.24, 2.45) is 11.3 Å². The molecule has 5 fully saturated rings. The van der Waals surface area contributed by atoms with Gasteiger partial charge in [-0.3, -0.25) is 39.1 Å². The molecule has 9 rings (SSSR count). The first kappa shape index (κ1) is 39.8. The number of piperazine rings is 1. The van der Waals surface area contributed by atoms with Gasteiger partial charge in [-0.25, -0.2) is 0 Å². The molecule has 0 aliphatic carbocycles. The lowest BCUT2D eigenvalue weighted by molar-refractivity contribution is -0.136. The maximum absolute atomic E-state index is 13.5. The molecule has 1 N–H and O–H groups in total. The van der Waals surface area contributed by atoms with Crippen LogP contribution >= 0.6 is 11.6 Å². The topological polar surface area (TPSA) is 166 Å². The number of anilines is 3. The summed E-state index contributed by atoms with van der Waals surface area (Å²) in [5.74, 6) is -0.773. The maximum Gasteiger partial charge on any atom is 0.274 e. The molecule has 0 radical (unpaired) electrons. The van der Waals surface area contributed by atoms with Crippen LogP contribution in [0.4, 0.5) is 17.2 Å². The lowest BCUT2D eigenvalue weighted by Gasteiger charge is -2.40. The standard InChI is InChI=1S/C44H49ClN10O5/c1-28-24-44(27-54(28)32-3-2-30(25-46)35(45)23-32)12-16-52(17-13-44)38-8-6-36(48-49-38)43(60)53-20-18-50(19-21-53)26-29-10-14-51(15-11-29)31-4-5-33-34(22-31)42(59)55(41(33)58)37-7-9-39(56)47-40(37)57/h2-6,8,22-23,28-29,37H,7,9-21,24,26-27H2,1H3,(H,47,56,57)/t28-,37?/m0/s1. The Morgan fingerprint density at radius 1 is 0.850 bits per heavy atom. The summed E-state index contributed by atoms with van der Waals surface area (Å²) in [4.78, 5) is 76.3. The van der Waals surface area contributed by atoms with Gasteiger partial charge in [0.1, 0.15) is 12.1 Å². The van der Waals surface area contributed by atoms with Crippen molar-refractivity contribution in [2.75, 3.05) is 80.1 Å². The Labute approximate surface area is 354 Å². The minimum Gasteiger partial charge on any atom is -0.371 e. The average molecular weight is 833 g/mol. The van der Waals surface area contributed by atoms with Gasteiger partial charge < -0.3 is 19.6 Å². The summed E-state index contributed by atoms with van der Waals surface area (Å²) in [6.45, 7) is 10.4. The zero-order valence-electron chi connectivity index (χ0n) is 33.8. The van der Waals surface area contributed by atoms with Gasteiger partial charge >= 0.3 is 0 Å². The number of nitrogens with one attached hydrogen (secondary N) is 1. The van der Waals surface area contributed by atoms with E-state index in [9.17, 15) is 29.2 Å². The van der Waals surface area contributed by atoms with E-state index in [0.717, 1.165) is 107 Å². The van der Waals surface area contributed by atoms with Crippen molar-refractivity contribution in [3.05, 3.63) is 75.9 Å². The first-order valence-corrected chi connectivity index (χ1v) is 21.5. The van der Waals surface area contributed by atoms with Gasteiger partial charge in [0.05, 0.1) is 21.7 Å². The molecule has 5 saturated heterocycles. The van der Waals surface area contributed by atoms with E-state index in [1.807, 2.05) is 35.2 Å². The van der Waals surface area contributed by atoms with E-state index < -0.39 is 29.7 Å². The Balaban J connectivity index is 0.717. The first-order valence-electron chi connectivity index (χ1n) is 21.2. The molecule has 6 aliphatic rings. The number of hydrogen-bond donors (Lipinski definition) is 1. The third-order valence-electron chi connectivity index (χ3n) is 13.8. The predicted octanol–water partition coefficient (Wildman–Crippen LogP) is 3.96. The quantitative estimate of drug-likeness (QED) is 0.341. The summed E-state index contributed by atoms with van der Waals surface area (Å²) in [5.41, 5.74) is 3.61. The average Bonchev–Trinajstić information content (AvgIpc) is 3.71. The summed E-state index contributed by atoms with van der Waals surface area (Å²) in [7, 11) is 0. The zero-order valence-corrected chi connectivity index (χ0v) is 34.6. The van der Waals surface area contributed by atoms with Crippen molar-refractivity contribution in [1.82, 2.24) is 30.2 Å². The number of hydrogen-bond acceptors (Lipinski definition) is 12. The number of amides is 5. The third kappa shape index (κ3) is 7.55. The number of carbonyl (C=O) groups excluding carboxylic acids is 5. The van der Waals surface area contributed by atoms with Crippen molar-refractivity contribution >= 4 is 58.3 Å². The lowest BCUT2D eigenvalue weighted by Crippen LogP contribution is -2.54. The van der Waals surface area contributed by atoms with Crippen LogP contribution in [-0.4, -0.2) is 132 Å². The van der Waals surface area contributed by atoms with Crippen LogP contribution in [0.1, 0.15) is 88.6 Å². The van der Waals surface area contributed by atoms with E-state index in [0.29, 0.717) is 46.9 Å². The number of imide groups is 2. The largest absolute Gasteiger partial charge is 0.371 e. The van der Waals surface area contributed by atoms with Gasteiger partial charge in [-0.15, -0.1) is 10.2 Å². The number of nitrogens with zero attached hydrogens (tertiary/aromatic N) is 9. The first-order chi connectivity index (χ1) is 29.0. The third-order valence-corrected chi connectivity index (χ3v) is 14.1. The Morgan fingerprint density at radius 2 is 1.58 bits per heavy atom. The fourth-order valence-electron chi connectivity index (χ4n) is 10.3. The lowest BCUT2D eigenvalue weighted by atomic mass is 9.77. The van der Waals surface area contributed by atoms with E-state index in [4.69, 9.17) is 11.6 Å². The van der Waals surface area contributed by atoms with Crippen LogP contribution in [0.3, 0.4) is 0 Å². The second-order valence-electron chi connectivity index (χ2n) is 17.4. The summed E-state index contributed by atoms with van der Waals surface area (Å²) in [6, 6.07) is 16.3. The van der Waals surface area contributed by atoms with Gasteiger partial charge in [0.15, 0.2) is 11.5 Å². The van der Waals surface area contributed by atoms with Crippen LogP contribution in [0.5, 0.6) is 0 Å². The van der Waals surface area contributed by atoms with Crippen LogP contribution in [0.2, 0.25) is 5.02 Å². The van der Waals surface area contributed by atoms with Crippen LogP contribution in [0.15, 0.2) is 48.5 Å². The molecule has 312 valence electrons. The second-order valence-corrected chi connectivity index (χ2v) is 17.8. The molecular weight excluding hydrogens is 784 g/mol. The molecule has 7 heterocycles. The number of piperidine rings is 3. The van der Waals surface area contributed by atoms with Crippen molar-refractivity contribution < 1.29 is 24.0 Å². The SMILES string of the molecule is C[C@H]1CC2(CCN(c3ccc(C(=O)N4CCN(CC5CCN(c6ccc7c(c6)C(=O)N(C6CCC(=O)NC6=O)C7=O)CC5)CC4)nn3)CC2)CN1c1ccc(C#N)c(Cl)c1. The van der Waals surface area contributed by atoms with Gasteiger partial charge in [0.2, 0.25) is 11.8 Å². The van der Waals surface area contributed by atoms with E-state index in [-0.39, 0.29) is 29.7 Å². The van der Waals surface area contributed by atoms with Crippen LogP contribution in [0, 0.1) is 22.7 Å². The highest BCUT2D eigenvalue weighted by atomic mass is 35.5. The molecule has 16 heteroatoms. The zero-order chi connectivity index (χ0) is 41.7. The number of benzene rings is 2. The smallest absolute Gasteiger partial charge is 0.274 e. The van der Waals surface area contributed by atoms with Crippen molar-refractivity contribution in [3.8, 4) is 6.07 Å². The van der Waals surface area contributed by atoms with Crippen molar-refractivity contribution in [1.29, 1.82) is 5.26 Å². The molecular formula is C44H49ClN10O5. The Bertz CT molecular complexity index is 2260. The number of carbonyl (C=O) groups is 5. The number of halogens is 1. The molecule has 15 nitrogen and oxygen atoms in total. The Kier molecular flexibility index (Phi) is 10.7. The van der Waals surface area contributed by atoms with Gasteiger partial charge in [-0.2, -0.15) is 5.26 Å². The molecule has 1 spiro atoms. The molecule has 5 amide bonds. The minimum absolute atomic E-state index is 0.0858. The van der Waals surface area contributed by atoms with Crippen LogP contribution in [0.25, 0.3) is 0 Å². The molecule has 2 atom stereocenters. The molecule has 0 saturated carbocycles. The van der Waals surface area contributed by atoms with Gasteiger partial charge in [-0.05, 0) is 105 Å². The molecule has 0 bridgehead atoms. The van der Waals surface area contributed by atoms with Gasteiger partial charge in [0.25, 0.3) is 17.7 Å². The minimum atomic E-state index is -0.979. The summed E-state index contributed by atoms with van der Waals surface area (Å²) < 4.78 is 0. The number of rotatable bonds is 7. The highest BCUT2D eigenvalue weighted by Crippen LogP contribution is 2.46. The van der Waals surface area contributed by atoms with E-state index in [1.54, 1.807) is 18.2 Å². The molecule has 60 heavy (non-hydrogen) atoms. The molecule has 1 aromatic heterocycles. The molecule has 6 aliphatic heterocycles. The fourth-order valence-corrected chi connectivity index (χ4v) is 10.5. The number of fused-ring (bicyclic) bond motifs is 1. The highest BCUT2D eigenvalue weighted by molar-refractivity contribution is 6.32. The van der Waals surface area contributed by atoms with Crippen molar-refractivity contribution in [2.45, 2.75) is 64.0 Å². The molecule has 2 aromatic carbocycles. The van der Waals surface area contributed by atoms with Crippen molar-refractivity contribution in [3.63, 3.8) is 0 Å². The summed E-state index contributed by atoms with van der Waals surface area (Å²) >= 11 is 6.37. The molecule has 1 unspecified atom stereocenters. The fraction of sp³-hybridized carbons (Fsp3) is 0.500. The van der Waals surface area contributed by atoms with Crippen LogP contribution < -0.4 is 20.0 Å². The Morgan fingerprint density at radius 3 is 2.27 bits per heavy atom. The molecule has 3 aromatic rings. The van der Waals surface area contributed by atoms with E-state index >= 15 is 0 Å². The Hall–Kier alpha value is -5.59. The van der Waals surface area contributed by atoms with E-state index in [1.165, 1.54) is 0 Å². The highest BCUT2D eigenvalue weighted by Gasteiger charge is 2.46. The van der Waals surface area contributed by atoms with Crippen LogP contribution in [-0.2, 0) is 9.59 Å². The predicted molar refractivity (Wildman–Crippen MR) is 224 cm³/mol. The normalized spacial score (nSPS) is 23.6. The van der Waals surface area contributed by atoms with E-state index in [2.05, 4.69) is 48.1 Å². The number of nitriles is 1. The summed E-state index contributed by atoms with van der Waals surface area (Å²) in [5, 5.41) is 20.9. The second kappa shape index (κ2) is 16.1. The maximum atomic E-state index is 13.5. The monoisotopic (exact) mass is 832 g/mol. The van der Waals surface area contributed by atoms with Gasteiger partial charge in [-0.1, -0.05) is 11.6 Å². The van der Waals surface area contributed by atoms with Gasteiger partial charge in [0, 0.05) is 89.3 Å². The summed E-state index contributed by atoms with van der Waals surface area (Å²) in [6.07, 6.45) is 5.37. The number of aromatic nitrogens is 2.